The van der Waals surface area contributed by atoms with Crippen LogP contribution in [0.25, 0.3) is 0 Å². The Labute approximate surface area is 137 Å². The first-order valence-electron chi connectivity index (χ1n) is 8.38. The van der Waals surface area contributed by atoms with Crippen molar-refractivity contribution >= 4 is 21.9 Å². The van der Waals surface area contributed by atoms with Gasteiger partial charge in [0, 0.05) is 12.6 Å². The van der Waals surface area contributed by atoms with Crippen molar-refractivity contribution in [2.45, 2.75) is 64.0 Å². The summed E-state index contributed by atoms with van der Waals surface area (Å²) in [6, 6.07) is -0.654. The molecule has 7 nitrogen and oxygen atoms in total. The Hall–Kier alpha value is -1.15. The Kier molecular flexibility index (Phi) is 6.02. The van der Waals surface area contributed by atoms with E-state index < -0.39 is 22.0 Å². The summed E-state index contributed by atoms with van der Waals surface area (Å²) in [4.78, 5) is 23.4. The molecule has 1 saturated heterocycles. The van der Waals surface area contributed by atoms with E-state index in [2.05, 4.69) is 5.32 Å². The fourth-order valence-electron chi connectivity index (χ4n) is 3.49. The molecule has 1 amide bonds. The van der Waals surface area contributed by atoms with Crippen molar-refractivity contribution < 1.29 is 23.1 Å². The zero-order valence-electron chi connectivity index (χ0n) is 13.5. The first kappa shape index (κ1) is 18.2. The Morgan fingerprint density at radius 2 is 1.83 bits per heavy atom. The highest BCUT2D eigenvalue weighted by Crippen LogP contribution is 2.26. The zero-order chi connectivity index (χ0) is 17.0. The Morgan fingerprint density at radius 1 is 1.17 bits per heavy atom. The minimum atomic E-state index is -3.37. The standard InChI is InChI=1S/C15H26N2O5S/c1-2-10-23(21,22)17-9-3-4-13(17)14(18)16-12-7-5-11(6-8-12)15(19)20/h11-13H,2-10H2,1H3,(H,16,18)(H,19,20). The summed E-state index contributed by atoms with van der Waals surface area (Å²) in [6.45, 7) is 2.22. The third-order valence-electron chi connectivity index (χ3n) is 4.75. The molecule has 2 aliphatic rings. The highest BCUT2D eigenvalue weighted by Gasteiger charge is 2.39. The van der Waals surface area contributed by atoms with Gasteiger partial charge >= 0.3 is 5.97 Å². The summed E-state index contributed by atoms with van der Waals surface area (Å²) in [5.74, 6) is -1.26. The minimum absolute atomic E-state index is 0.0468. The van der Waals surface area contributed by atoms with E-state index in [1.807, 2.05) is 6.92 Å². The van der Waals surface area contributed by atoms with E-state index in [4.69, 9.17) is 5.11 Å². The minimum Gasteiger partial charge on any atom is -0.481 e. The predicted octanol–water partition coefficient (Wildman–Crippen LogP) is 0.950. The van der Waals surface area contributed by atoms with Crippen molar-refractivity contribution in [2.24, 2.45) is 5.92 Å². The number of carboxylic acid groups (broad SMARTS) is 1. The van der Waals surface area contributed by atoms with Gasteiger partial charge in [0.05, 0.1) is 11.7 Å². The number of nitrogens with one attached hydrogen (secondary N) is 1. The number of hydrogen-bond acceptors (Lipinski definition) is 4. The zero-order valence-corrected chi connectivity index (χ0v) is 14.3. The number of aliphatic carboxylic acids is 1. The lowest BCUT2D eigenvalue weighted by molar-refractivity contribution is -0.142. The van der Waals surface area contributed by atoms with E-state index in [1.54, 1.807) is 0 Å². The second-order valence-corrected chi connectivity index (χ2v) is 8.52. The van der Waals surface area contributed by atoms with Gasteiger partial charge in [-0.3, -0.25) is 9.59 Å². The van der Waals surface area contributed by atoms with Gasteiger partial charge in [0.25, 0.3) is 0 Å². The SMILES string of the molecule is CCCS(=O)(=O)N1CCCC1C(=O)NC1CCC(C(=O)O)CC1. The van der Waals surface area contributed by atoms with Gasteiger partial charge < -0.3 is 10.4 Å². The number of rotatable bonds is 6. The van der Waals surface area contributed by atoms with Gasteiger partial charge in [-0.2, -0.15) is 4.31 Å². The van der Waals surface area contributed by atoms with Crippen LogP contribution in [0.5, 0.6) is 0 Å². The lowest BCUT2D eigenvalue weighted by Crippen LogP contribution is -2.50. The number of amides is 1. The Bertz CT molecular complexity index is 540. The highest BCUT2D eigenvalue weighted by atomic mass is 32.2. The lowest BCUT2D eigenvalue weighted by Gasteiger charge is -2.29. The quantitative estimate of drug-likeness (QED) is 0.745. The number of carbonyl (C=O) groups excluding carboxylic acids is 1. The van der Waals surface area contributed by atoms with Crippen LogP contribution in [-0.4, -0.2) is 54.1 Å². The summed E-state index contributed by atoms with van der Waals surface area (Å²) in [7, 11) is -3.37. The van der Waals surface area contributed by atoms with Crippen LogP contribution in [-0.2, 0) is 19.6 Å². The van der Waals surface area contributed by atoms with E-state index >= 15 is 0 Å². The molecule has 1 aliphatic heterocycles. The molecule has 1 saturated carbocycles. The maximum Gasteiger partial charge on any atom is 0.306 e. The van der Waals surface area contributed by atoms with Gasteiger partial charge in [-0.1, -0.05) is 6.92 Å². The fraction of sp³-hybridized carbons (Fsp3) is 0.867. The third kappa shape index (κ3) is 4.44. The lowest BCUT2D eigenvalue weighted by atomic mass is 9.86. The maximum atomic E-state index is 12.5. The summed E-state index contributed by atoms with van der Waals surface area (Å²) in [5.41, 5.74) is 0. The number of nitrogens with zero attached hydrogens (tertiary/aromatic N) is 1. The van der Waals surface area contributed by atoms with Crippen LogP contribution in [0.4, 0.5) is 0 Å². The smallest absolute Gasteiger partial charge is 0.306 e. The van der Waals surface area contributed by atoms with E-state index in [-0.39, 0.29) is 23.6 Å². The molecule has 0 aromatic carbocycles. The number of carbonyl (C=O) groups is 2. The van der Waals surface area contributed by atoms with Crippen LogP contribution in [0, 0.1) is 5.92 Å². The molecule has 1 heterocycles. The maximum absolute atomic E-state index is 12.5. The third-order valence-corrected chi connectivity index (χ3v) is 6.82. The second-order valence-electron chi connectivity index (χ2n) is 6.48. The topological polar surface area (TPSA) is 104 Å². The molecule has 1 unspecified atom stereocenters. The predicted molar refractivity (Wildman–Crippen MR) is 85.3 cm³/mol. The van der Waals surface area contributed by atoms with Gasteiger partial charge in [0.2, 0.25) is 15.9 Å². The van der Waals surface area contributed by atoms with E-state index in [1.165, 1.54) is 4.31 Å². The van der Waals surface area contributed by atoms with E-state index in [0.29, 0.717) is 51.5 Å². The van der Waals surface area contributed by atoms with Gasteiger partial charge in [-0.15, -0.1) is 0 Å². The van der Waals surface area contributed by atoms with Crippen molar-refractivity contribution in [1.82, 2.24) is 9.62 Å². The van der Waals surface area contributed by atoms with Crippen molar-refractivity contribution in [3.05, 3.63) is 0 Å². The summed E-state index contributed by atoms with van der Waals surface area (Å²) < 4.78 is 25.8. The van der Waals surface area contributed by atoms with Gasteiger partial charge in [0.15, 0.2) is 0 Å². The van der Waals surface area contributed by atoms with Gasteiger partial charge in [0.1, 0.15) is 6.04 Å². The van der Waals surface area contributed by atoms with Crippen molar-refractivity contribution in [3.8, 4) is 0 Å². The summed E-state index contributed by atoms with van der Waals surface area (Å²) in [6.07, 6.45) is 4.18. The molecule has 0 bridgehead atoms. The molecule has 1 aliphatic carbocycles. The normalized spacial score (nSPS) is 29.3. The average Bonchev–Trinajstić information content (AvgIpc) is 2.98. The molecule has 2 N–H and O–H groups in total. The van der Waals surface area contributed by atoms with Crippen LogP contribution in [0.15, 0.2) is 0 Å². The molecule has 0 radical (unpaired) electrons. The molecule has 8 heteroatoms. The largest absolute Gasteiger partial charge is 0.481 e. The average molecular weight is 346 g/mol. The molecular weight excluding hydrogens is 320 g/mol. The van der Waals surface area contributed by atoms with Crippen LogP contribution in [0.2, 0.25) is 0 Å². The van der Waals surface area contributed by atoms with Crippen LogP contribution in [0.1, 0.15) is 51.9 Å². The molecule has 132 valence electrons. The molecule has 0 aromatic rings. The van der Waals surface area contributed by atoms with Gasteiger partial charge in [-0.05, 0) is 44.9 Å². The Morgan fingerprint density at radius 3 is 2.39 bits per heavy atom. The fourth-order valence-corrected chi connectivity index (χ4v) is 5.24. The van der Waals surface area contributed by atoms with Crippen LogP contribution >= 0.6 is 0 Å². The summed E-state index contributed by atoms with van der Waals surface area (Å²) in [5, 5.41) is 11.9. The van der Waals surface area contributed by atoms with Crippen molar-refractivity contribution in [2.75, 3.05) is 12.3 Å². The van der Waals surface area contributed by atoms with Crippen molar-refractivity contribution in [3.63, 3.8) is 0 Å². The number of hydrogen-bond donors (Lipinski definition) is 2. The molecule has 23 heavy (non-hydrogen) atoms. The molecule has 0 aromatic heterocycles. The second kappa shape index (κ2) is 7.61. The van der Waals surface area contributed by atoms with Crippen LogP contribution in [0.3, 0.4) is 0 Å². The number of carboxylic acids is 1. The van der Waals surface area contributed by atoms with E-state index in [9.17, 15) is 18.0 Å². The molecular formula is C15H26N2O5S. The highest BCUT2D eigenvalue weighted by molar-refractivity contribution is 7.89. The Balaban J connectivity index is 1.91. The first-order chi connectivity index (χ1) is 10.8. The monoisotopic (exact) mass is 346 g/mol. The summed E-state index contributed by atoms with van der Waals surface area (Å²) >= 11 is 0. The van der Waals surface area contributed by atoms with Crippen molar-refractivity contribution in [1.29, 1.82) is 0 Å². The molecule has 2 rings (SSSR count). The van der Waals surface area contributed by atoms with Gasteiger partial charge in [-0.25, -0.2) is 8.42 Å². The first-order valence-corrected chi connectivity index (χ1v) is 9.98. The molecule has 2 fully saturated rings. The molecule has 1 atom stereocenters. The molecule has 0 spiro atoms. The van der Waals surface area contributed by atoms with Crippen LogP contribution < -0.4 is 5.32 Å². The van der Waals surface area contributed by atoms with E-state index in [0.717, 1.165) is 0 Å². The number of sulfonamides is 1.